The number of carbonyl (C=O) groups is 1. The molecule has 1 aliphatic rings. The van der Waals surface area contributed by atoms with Crippen LogP contribution in [0.25, 0.3) is 0 Å². The van der Waals surface area contributed by atoms with E-state index in [1.54, 1.807) is 14.2 Å². The van der Waals surface area contributed by atoms with Crippen molar-refractivity contribution >= 4 is 5.97 Å². The van der Waals surface area contributed by atoms with Crippen molar-refractivity contribution in [2.24, 2.45) is 5.92 Å². The summed E-state index contributed by atoms with van der Waals surface area (Å²) in [7, 11) is 3.20. The first-order valence-electron chi connectivity index (χ1n) is 9.16. The number of hydrogen-bond donors (Lipinski definition) is 1. The Morgan fingerprint density at radius 3 is 2.30 bits per heavy atom. The standard InChI is InChI=1S/C20H30O7/c1-13(2)10-15-17(23-3)18(24-4)19(20(27-15)26-12-16(21)22)25-11-14-8-6-5-7-9-14/h5-9,13,15,17-20H,10-12H2,1-4H3,(H,21,22)/t15?,17?,18-,19+,20+/m0/s1. The minimum Gasteiger partial charge on any atom is -0.480 e. The molecule has 1 fully saturated rings. The maximum Gasteiger partial charge on any atom is 0.329 e. The lowest BCUT2D eigenvalue weighted by Crippen LogP contribution is -2.60. The molecule has 2 rings (SSSR count). The fraction of sp³-hybridized carbons (Fsp3) is 0.650. The normalized spacial score (nSPS) is 28.4. The van der Waals surface area contributed by atoms with Crippen LogP contribution in [0.2, 0.25) is 0 Å². The summed E-state index contributed by atoms with van der Waals surface area (Å²) in [5.41, 5.74) is 0.989. The van der Waals surface area contributed by atoms with Gasteiger partial charge in [-0.15, -0.1) is 0 Å². The van der Waals surface area contributed by atoms with Crippen LogP contribution in [-0.4, -0.2) is 62.6 Å². The molecule has 1 aromatic carbocycles. The van der Waals surface area contributed by atoms with Crippen LogP contribution in [0.1, 0.15) is 25.8 Å². The third-order valence-electron chi connectivity index (χ3n) is 4.50. The molecule has 2 unspecified atom stereocenters. The monoisotopic (exact) mass is 382 g/mol. The second kappa shape index (κ2) is 10.7. The smallest absolute Gasteiger partial charge is 0.329 e. The zero-order chi connectivity index (χ0) is 19.8. The average Bonchev–Trinajstić information content (AvgIpc) is 2.64. The molecule has 1 heterocycles. The molecule has 1 aromatic rings. The molecule has 1 saturated heterocycles. The van der Waals surface area contributed by atoms with Crippen molar-refractivity contribution in [3.63, 3.8) is 0 Å². The Kier molecular flexibility index (Phi) is 8.66. The fourth-order valence-corrected chi connectivity index (χ4v) is 3.32. The van der Waals surface area contributed by atoms with E-state index in [1.165, 1.54) is 0 Å². The lowest BCUT2D eigenvalue weighted by Gasteiger charge is -2.45. The van der Waals surface area contributed by atoms with Crippen LogP contribution in [0.15, 0.2) is 30.3 Å². The highest BCUT2D eigenvalue weighted by atomic mass is 16.7. The van der Waals surface area contributed by atoms with Crippen LogP contribution < -0.4 is 0 Å². The summed E-state index contributed by atoms with van der Waals surface area (Å²) in [5.74, 6) is -0.698. The summed E-state index contributed by atoms with van der Waals surface area (Å²) < 4.78 is 29.0. The van der Waals surface area contributed by atoms with Gasteiger partial charge in [-0.2, -0.15) is 0 Å². The Morgan fingerprint density at radius 2 is 1.74 bits per heavy atom. The van der Waals surface area contributed by atoms with E-state index in [4.69, 9.17) is 28.8 Å². The first-order chi connectivity index (χ1) is 13.0. The van der Waals surface area contributed by atoms with E-state index >= 15 is 0 Å². The molecular weight excluding hydrogens is 352 g/mol. The van der Waals surface area contributed by atoms with Crippen LogP contribution in [0.4, 0.5) is 0 Å². The van der Waals surface area contributed by atoms with Gasteiger partial charge in [-0.05, 0) is 17.9 Å². The van der Waals surface area contributed by atoms with Crippen LogP contribution in [0.3, 0.4) is 0 Å². The van der Waals surface area contributed by atoms with Crippen LogP contribution in [0.5, 0.6) is 0 Å². The van der Waals surface area contributed by atoms with E-state index in [-0.39, 0.29) is 12.2 Å². The number of carboxylic acids is 1. The van der Waals surface area contributed by atoms with Crippen molar-refractivity contribution < 1.29 is 33.6 Å². The number of ether oxygens (including phenoxy) is 5. The molecule has 152 valence electrons. The summed E-state index contributed by atoms with van der Waals surface area (Å²) in [4.78, 5) is 11.0. The van der Waals surface area contributed by atoms with Gasteiger partial charge in [0.25, 0.3) is 0 Å². The first-order valence-corrected chi connectivity index (χ1v) is 9.16. The third-order valence-corrected chi connectivity index (χ3v) is 4.50. The molecule has 1 N–H and O–H groups in total. The Balaban J connectivity index is 2.18. The first kappa shape index (κ1) is 21.8. The molecule has 0 radical (unpaired) electrons. The van der Waals surface area contributed by atoms with Gasteiger partial charge in [0.2, 0.25) is 0 Å². The van der Waals surface area contributed by atoms with E-state index in [1.807, 2.05) is 30.3 Å². The van der Waals surface area contributed by atoms with E-state index in [0.29, 0.717) is 12.5 Å². The van der Waals surface area contributed by atoms with Gasteiger partial charge in [0.15, 0.2) is 6.29 Å². The predicted molar refractivity (Wildman–Crippen MR) is 98.3 cm³/mol. The number of benzene rings is 1. The Hall–Kier alpha value is -1.51. The van der Waals surface area contributed by atoms with Gasteiger partial charge in [-0.25, -0.2) is 4.79 Å². The second-order valence-corrected chi connectivity index (χ2v) is 7.04. The zero-order valence-electron chi connectivity index (χ0n) is 16.4. The molecule has 5 atom stereocenters. The zero-order valence-corrected chi connectivity index (χ0v) is 16.4. The summed E-state index contributed by atoms with van der Waals surface area (Å²) in [5, 5.41) is 8.99. The van der Waals surface area contributed by atoms with Crippen LogP contribution >= 0.6 is 0 Å². The van der Waals surface area contributed by atoms with Gasteiger partial charge < -0.3 is 28.8 Å². The molecule has 0 aliphatic carbocycles. The lowest BCUT2D eigenvalue weighted by molar-refractivity contribution is -0.315. The molecule has 0 spiro atoms. The number of rotatable bonds is 10. The van der Waals surface area contributed by atoms with Gasteiger partial charge in [0, 0.05) is 14.2 Å². The van der Waals surface area contributed by atoms with Crippen molar-refractivity contribution in [1.82, 2.24) is 0 Å². The number of aliphatic carboxylic acids is 1. The summed E-state index contributed by atoms with van der Waals surface area (Å²) in [6.45, 7) is 4.03. The van der Waals surface area contributed by atoms with E-state index < -0.39 is 31.1 Å². The Morgan fingerprint density at radius 1 is 1.07 bits per heavy atom. The number of carboxylic acid groups (broad SMARTS) is 1. The summed E-state index contributed by atoms with van der Waals surface area (Å²) >= 11 is 0. The molecular formula is C20H30O7. The van der Waals surface area contributed by atoms with E-state index in [9.17, 15) is 4.79 Å². The Bertz CT molecular complexity index is 563. The van der Waals surface area contributed by atoms with Crippen LogP contribution in [0, 0.1) is 5.92 Å². The summed E-state index contributed by atoms with van der Waals surface area (Å²) in [6, 6.07) is 9.70. The molecule has 7 heteroatoms. The topological polar surface area (TPSA) is 83.5 Å². The predicted octanol–water partition coefficient (Wildman–Crippen LogP) is 2.47. The number of methoxy groups -OCH3 is 2. The van der Waals surface area contributed by atoms with Gasteiger partial charge in [0.05, 0.1) is 12.7 Å². The van der Waals surface area contributed by atoms with Gasteiger partial charge >= 0.3 is 5.97 Å². The molecule has 1 aliphatic heterocycles. The second-order valence-electron chi connectivity index (χ2n) is 7.04. The SMILES string of the molecule is COC1C(CC(C)C)O[C@@H](OCC(=O)O)[C@H](OCc2ccccc2)[C@H]1OC. The minimum atomic E-state index is -1.07. The number of hydrogen-bond acceptors (Lipinski definition) is 6. The molecule has 27 heavy (non-hydrogen) atoms. The van der Waals surface area contributed by atoms with Gasteiger partial charge in [0.1, 0.15) is 24.9 Å². The maximum atomic E-state index is 11.0. The van der Waals surface area contributed by atoms with Crippen molar-refractivity contribution in [3.8, 4) is 0 Å². The molecule has 0 amide bonds. The highest BCUT2D eigenvalue weighted by Crippen LogP contribution is 2.31. The largest absolute Gasteiger partial charge is 0.480 e. The minimum absolute atomic E-state index is 0.282. The van der Waals surface area contributed by atoms with E-state index in [0.717, 1.165) is 12.0 Å². The van der Waals surface area contributed by atoms with Crippen LogP contribution in [-0.2, 0) is 35.1 Å². The van der Waals surface area contributed by atoms with Crippen molar-refractivity contribution in [2.45, 2.75) is 57.6 Å². The molecule has 0 bridgehead atoms. The van der Waals surface area contributed by atoms with Crippen molar-refractivity contribution in [2.75, 3.05) is 20.8 Å². The highest BCUT2D eigenvalue weighted by molar-refractivity contribution is 5.68. The van der Waals surface area contributed by atoms with Crippen molar-refractivity contribution in [1.29, 1.82) is 0 Å². The highest BCUT2D eigenvalue weighted by Gasteiger charge is 2.48. The molecule has 0 aromatic heterocycles. The molecule has 0 saturated carbocycles. The van der Waals surface area contributed by atoms with E-state index in [2.05, 4.69) is 13.8 Å². The quantitative estimate of drug-likeness (QED) is 0.665. The van der Waals surface area contributed by atoms with Crippen molar-refractivity contribution in [3.05, 3.63) is 35.9 Å². The fourth-order valence-electron chi connectivity index (χ4n) is 3.32. The van der Waals surface area contributed by atoms with Gasteiger partial charge in [-0.3, -0.25) is 0 Å². The Labute approximate surface area is 160 Å². The molecule has 7 nitrogen and oxygen atoms in total. The average molecular weight is 382 g/mol. The third kappa shape index (κ3) is 6.26. The van der Waals surface area contributed by atoms with Gasteiger partial charge in [-0.1, -0.05) is 44.2 Å². The lowest BCUT2D eigenvalue weighted by atomic mass is 9.92. The maximum absolute atomic E-state index is 11.0. The summed E-state index contributed by atoms with van der Waals surface area (Å²) in [6.07, 6.45) is -1.82.